The first-order valence-corrected chi connectivity index (χ1v) is 6.42. The number of nitrogens with zero attached hydrogens (tertiary/aromatic N) is 1. The fourth-order valence-electron chi connectivity index (χ4n) is 2.81. The topological polar surface area (TPSA) is 37.4 Å². The number of likely N-dealkylation sites (tertiary alicyclic amines) is 1. The molecule has 0 radical (unpaired) electrons. The van der Waals surface area contributed by atoms with Gasteiger partial charge in [0, 0.05) is 18.9 Å². The molecule has 0 bridgehead atoms. The van der Waals surface area contributed by atoms with Crippen molar-refractivity contribution in [2.45, 2.75) is 46.0 Å². The van der Waals surface area contributed by atoms with Crippen LogP contribution < -0.4 is 0 Å². The molecule has 1 saturated heterocycles. The van der Waals surface area contributed by atoms with Gasteiger partial charge in [-0.05, 0) is 24.7 Å². The maximum Gasteiger partial charge on any atom is 0.232 e. The van der Waals surface area contributed by atoms with E-state index in [0.717, 1.165) is 5.92 Å². The van der Waals surface area contributed by atoms with E-state index in [1.165, 1.54) is 30.6 Å². The van der Waals surface area contributed by atoms with Crippen molar-refractivity contribution in [2.24, 2.45) is 17.8 Å². The van der Waals surface area contributed by atoms with Gasteiger partial charge < -0.3 is 0 Å². The Kier molecular flexibility index (Phi) is 3.31. The maximum atomic E-state index is 11.8. The van der Waals surface area contributed by atoms with Crippen LogP contribution in [0.3, 0.4) is 0 Å². The summed E-state index contributed by atoms with van der Waals surface area (Å²) in [5, 5.41) is 0. The zero-order chi connectivity index (χ0) is 11.7. The molecule has 1 aliphatic carbocycles. The minimum atomic E-state index is -0.0879. The number of hydrogen-bond donors (Lipinski definition) is 0. The van der Waals surface area contributed by atoms with E-state index >= 15 is 0 Å². The second kappa shape index (κ2) is 4.56. The summed E-state index contributed by atoms with van der Waals surface area (Å²) in [7, 11) is 0. The van der Waals surface area contributed by atoms with Crippen molar-refractivity contribution in [3.63, 3.8) is 0 Å². The van der Waals surface area contributed by atoms with Crippen molar-refractivity contribution in [1.82, 2.24) is 4.90 Å². The van der Waals surface area contributed by atoms with E-state index in [0.29, 0.717) is 18.9 Å². The van der Waals surface area contributed by atoms with Crippen molar-refractivity contribution in [2.75, 3.05) is 6.54 Å². The van der Waals surface area contributed by atoms with E-state index < -0.39 is 0 Å². The smallest absolute Gasteiger partial charge is 0.232 e. The van der Waals surface area contributed by atoms with Crippen LogP contribution in [0.25, 0.3) is 0 Å². The number of carbonyl (C=O) groups excluding carboxylic acids is 2. The monoisotopic (exact) mass is 223 g/mol. The first kappa shape index (κ1) is 11.6. The Balaban J connectivity index is 1.90. The van der Waals surface area contributed by atoms with E-state index in [1.807, 2.05) is 6.92 Å². The average molecular weight is 223 g/mol. The highest BCUT2D eigenvalue weighted by Crippen LogP contribution is 2.30. The van der Waals surface area contributed by atoms with Crippen molar-refractivity contribution in [3.05, 3.63) is 0 Å². The van der Waals surface area contributed by atoms with Crippen molar-refractivity contribution in [3.8, 4) is 0 Å². The van der Waals surface area contributed by atoms with Gasteiger partial charge in [0.25, 0.3) is 0 Å². The number of hydrogen-bond acceptors (Lipinski definition) is 2. The molecule has 2 aliphatic rings. The van der Waals surface area contributed by atoms with Crippen molar-refractivity contribution in [1.29, 1.82) is 0 Å². The lowest BCUT2D eigenvalue weighted by atomic mass is 9.83. The highest BCUT2D eigenvalue weighted by Gasteiger charge is 2.36. The Bertz CT molecular complexity index is 292. The number of carbonyl (C=O) groups is 2. The van der Waals surface area contributed by atoms with E-state index in [1.54, 1.807) is 0 Å². The van der Waals surface area contributed by atoms with Crippen LogP contribution in [0.1, 0.15) is 46.0 Å². The molecule has 1 heterocycles. The summed E-state index contributed by atoms with van der Waals surface area (Å²) >= 11 is 0. The molecular weight excluding hydrogens is 202 g/mol. The molecule has 2 rings (SSSR count). The minimum Gasteiger partial charge on any atom is -0.282 e. The maximum absolute atomic E-state index is 11.8. The summed E-state index contributed by atoms with van der Waals surface area (Å²) in [5.74, 6) is 1.37. The molecule has 1 aliphatic heterocycles. The fourth-order valence-corrected chi connectivity index (χ4v) is 2.81. The quantitative estimate of drug-likeness (QED) is 0.673. The summed E-state index contributed by atoms with van der Waals surface area (Å²) in [6.45, 7) is 4.81. The van der Waals surface area contributed by atoms with Gasteiger partial charge in [0.15, 0.2) is 0 Å². The summed E-state index contributed by atoms with van der Waals surface area (Å²) in [6, 6.07) is 0. The van der Waals surface area contributed by atoms with E-state index in [-0.39, 0.29) is 17.7 Å². The van der Waals surface area contributed by atoms with Crippen LogP contribution in [-0.2, 0) is 9.59 Å². The standard InChI is InChI=1S/C13H21NO2/c1-9-3-5-11(6-4-9)8-14-12(15)7-10(2)13(14)16/h9-11H,3-8H2,1-2H3. The molecule has 0 aromatic rings. The number of rotatable bonds is 2. The Morgan fingerprint density at radius 1 is 1.12 bits per heavy atom. The van der Waals surface area contributed by atoms with Crippen LogP contribution in [-0.4, -0.2) is 23.3 Å². The van der Waals surface area contributed by atoms with Gasteiger partial charge in [-0.2, -0.15) is 0 Å². The second-order valence-electron chi connectivity index (χ2n) is 5.57. The summed E-state index contributed by atoms with van der Waals surface area (Å²) in [5.41, 5.74) is 0. The molecule has 2 fully saturated rings. The van der Waals surface area contributed by atoms with Gasteiger partial charge in [-0.1, -0.05) is 26.7 Å². The largest absolute Gasteiger partial charge is 0.282 e. The number of imide groups is 1. The predicted octanol–water partition coefficient (Wildman–Crippen LogP) is 2.21. The van der Waals surface area contributed by atoms with Crippen LogP contribution in [0.15, 0.2) is 0 Å². The Morgan fingerprint density at radius 2 is 1.75 bits per heavy atom. The molecule has 0 aromatic carbocycles. The summed E-state index contributed by atoms with van der Waals surface area (Å²) in [4.78, 5) is 24.9. The molecular formula is C13H21NO2. The minimum absolute atomic E-state index is 0.0381. The third-order valence-electron chi connectivity index (χ3n) is 4.05. The highest BCUT2D eigenvalue weighted by atomic mass is 16.2. The molecule has 90 valence electrons. The van der Waals surface area contributed by atoms with E-state index in [2.05, 4.69) is 6.92 Å². The molecule has 3 heteroatoms. The Hall–Kier alpha value is -0.860. The molecule has 1 atom stereocenters. The Labute approximate surface area is 97.2 Å². The SMILES string of the molecule is CC1CCC(CN2C(=O)CC(C)C2=O)CC1. The van der Waals surface area contributed by atoms with Crippen LogP contribution >= 0.6 is 0 Å². The Morgan fingerprint density at radius 3 is 2.25 bits per heavy atom. The lowest BCUT2D eigenvalue weighted by Crippen LogP contribution is -2.36. The van der Waals surface area contributed by atoms with Crippen LogP contribution in [0, 0.1) is 17.8 Å². The zero-order valence-corrected chi connectivity index (χ0v) is 10.2. The average Bonchev–Trinajstić information content (AvgIpc) is 2.48. The van der Waals surface area contributed by atoms with Gasteiger partial charge in [0.1, 0.15) is 0 Å². The van der Waals surface area contributed by atoms with Crippen LogP contribution in [0.4, 0.5) is 0 Å². The van der Waals surface area contributed by atoms with Gasteiger partial charge in [-0.3, -0.25) is 14.5 Å². The summed E-state index contributed by atoms with van der Waals surface area (Å²) < 4.78 is 0. The van der Waals surface area contributed by atoms with Crippen molar-refractivity contribution >= 4 is 11.8 Å². The van der Waals surface area contributed by atoms with Gasteiger partial charge >= 0.3 is 0 Å². The molecule has 3 nitrogen and oxygen atoms in total. The van der Waals surface area contributed by atoms with Gasteiger partial charge in [-0.15, -0.1) is 0 Å². The third kappa shape index (κ3) is 2.28. The van der Waals surface area contributed by atoms with Gasteiger partial charge in [0.05, 0.1) is 0 Å². The molecule has 16 heavy (non-hydrogen) atoms. The molecule has 0 spiro atoms. The second-order valence-corrected chi connectivity index (χ2v) is 5.57. The molecule has 0 aromatic heterocycles. The molecule has 2 amide bonds. The predicted molar refractivity (Wildman–Crippen MR) is 61.6 cm³/mol. The van der Waals surface area contributed by atoms with E-state index in [9.17, 15) is 9.59 Å². The first-order valence-electron chi connectivity index (χ1n) is 6.42. The lowest BCUT2D eigenvalue weighted by molar-refractivity contribution is -0.140. The normalized spacial score (nSPS) is 35.9. The van der Waals surface area contributed by atoms with E-state index in [4.69, 9.17) is 0 Å². The van der Waals surface area contributed by atoms with Gasteiger partial charge in [-0.25, -0.2) is 0 Å². The number of amides is 2. The first-order chi connectivity index (χ1) is 7.58. The van der Waals surface area contributed by atoms with Crippen LogP contribution in [0.5, 0.6) is 0 Å². The van der Waals surface area contributed by atoms with Gasteiger partial charge in [0.2, 0.25) is 11.8 Å². The molecule has 0 N–H and O–H groups in total. The van der Waals surface area contributed by atoms with Crippen molar-refractivity contribution < 1.29 is 9.59 Å². The lowest BCUT2D eigenvalue weighted by Gasteiger charge is -2.28. The zero-order valence-electron chi connectivity index (χ0n) is 10.2. The fraction of sp³-hybridized carbons (Fsp3) is 0.846. The molecule has 1 saturated carbocycles. The molecule has 1 unspecified atom stereocenters. The van der Waals surface area contributed by atoms with Crippen LogP contribution in [0.2, 0.25) is 0 Å². The highest BCUT2D eigenvalue weighted by molar-refractivity contribution is 6.03. The summed E-state index contributed by atoms with van der Waals surface area (Å²) in [6.07, 6.45) is 5.26. The third-order valence-corrected chi connectivity index (χ3v) is 4.05.